The van der Waals surface area contributed by atoms with Crippen LogP contribution < -0.4 is 0 Å². The van der Waals surface area contributed by atoms with Crippen molar-refractivity contribution in [2.24, 2.45) is 0 Å². The number of hydrogen-bond donors (Lipinski definition) is 0. The molecule has 14 heavy (non-hydrogen) atoms. The lowest BCUT2D eigenvalue weighted by molar-refractivity contribution is -0.142. The van der Waals surface area contributed by atoms with E-state index in [4.69, 9.17) is 4.74 Å². The van der Waals surface area contributed by atoms with Gasteiger partial charge in [0.05, 0.1) is 0 Å². The highest BCUT2D eigenvalue weighted by molar-refractivity contribution is 5.66. The van der Waals surface area contributed by atoms with Gasteiger partial charge in [0.15, 0.2) is 6.10 Å². The van der Waals surface area contributed by atoms with Gasteiger partial charge in [0, 0.05) is 13.3 Å². The Morgan fingerprint density at radius 3 is 2.79 bits per heavy atom. The molecule has 1 unspecified atom stereocenters. The summed E-state index contributed by atoms with van der Waals surface area (Å²) in [5.74, 6) is 5.61. The Morgan fingerprint density at radius 2 is 2.29 bits per heavy atom. The average Bonchev–Trinajstić information content (AvgIpc) is 2.12. The Morgan fingerprint density at radius 1 is 1.57 bits per heavy atom. The van der Waals surface area contributed by atoms with Gasteiger partial charge in [0.25, 0.3) is 0 Å². The van der Waals surface area contributed by atoms with Crippen molar-refractivity contribution in [2.75, 3.05) is 0 Å². The van der Waals surface area contributed by atoms with Gasteiger partial charge in [-0.25, -0.2) is 0 Å². The van der Waals surface area contributed by atoms with Gasteiger partial charge in [0.2, 0.25) is 0 Å². The minimum Gasteiger partial charge on any atom is -0.445 e. The third-order valence-corrected chi connectivity index (χ3v) is 1.56. The van der Waals surface area contributed by atoms with Gasteiger partial charge in [-0.15, -0.1) is 0 Å². The largest absolute Gasteiger partial charge is 0.445 e. The number of carbonyl (C=O) groups is 1. The van der Waals surface area contributed by atoms with E-state index in [2.05, 4.69) is 18.8 Å². The second kappa shape index (κ2) is 8.37. The van der Waals surface area contributed by atoms with Crippen LogP contribution in [0.3, 0.4) is 0 Å². The summed E-state index contributed by atoms with van der Waals surface area (Å²) in [5, 5.41) is 0. The van der Waals surface area contributed by atoms with Crippen LogP contribution in [-0.4, -0.2) is 12.1 Å². The summed E-state index contributed by atoms with van der Waals surface area (Å²) in [7, 11) is 0. The number of rotatable bonds is 4. The number of allylic oxidation sites excluding steroid dienone is 1. The molecular weight excluding hydrogens is 176 g/mol. The van der Waals surface area contributed by atoms with Gasteiger partial charge in [0.1, 0.15) is 0 Å². The van der Waals surface area contributed by atoms with Gasteiger partial charge in [-0.3, -0.25) is 4.79 Å². The maximum absolute atomic E-state index is 10.7. The molecule has 0 aromatic heterocycles. The van der Waals surface area contributed by atoms with Crippen LogP contribution in [0.4, 0.5) is 0 Å². The quantitative estimate of drug-likeness (QED) is 0.298. The number of carbonyl (C=O) groups excluding carboxylic acids is 1. The molecule has 0 saturated carbocycles. The molecule has 0 fully saturated rings. The molecule has 0 spiro atoms. The van der Waals surface area contributed by atoms with Crippen molar-refractivity contribution in [3.8, 4) is 11.8 Å². The molecule has 0 bridgehead atoms. The van der Waals surface area contributed by atoms with E-state index in [0.717, 1.165) is 19.3 Å². The predicted octanol–water partition coefficient (Wildman–Crippen LogP) is 2.69. The maximum atomic E-state index is 10.7. The summed E-state index contributed by atoms with van der Waals surface area (Å²) in [6.45, 7) is 5.39. The van der Waals surface area contributed by atoms with E-state index in [1.807, 2.05) is 13.0 Å². The topological polar surface area (TPSA) is 26.3 Å². The van der Waals surface area contributed by atoms with Crippen molar-refractivity contribution in [2.45, 2.75) is 46.1 Å². The van der Waals surface area contributed by atoms with Gasteiger partial charge < -0.3 is 4.74 Å². The number of unbranched alkanes of at least 4 members (excludes halogenated alkanes) is 2. The van der Waals surface area contributed by atoms with Crippen LogP contribution in [0.2, 0.25) is 0 Å². The van der Waals surface area contributed by atoms with Crippen molar-refractivity contribution >= 4 is 5.97 Å². The molecule has 0 N–H and O–H groups in total. The molecular formula is C12H18O2. The second-order valence-electron chi connectivity index (χ2n) is 2.98. The molecule has 0 aliphatic rings. The fourth-order valence-corrected chi connectivity index (χ4v) is 0.908. The smallest absolute Gasteiger partial charge is 0.304 e. The third kappa shape index (κ3) is 7.42. The minimum absolute atomic E-state index is 0.294. The Balaban J connectivity index is 4.05. The van der Waals surface area contributed by atoms with Crippen LogP contribution >= 0.6 is 0 Å². The van der Waals surface area contributed by atoms with Crippen LogP contribution in [0.25, 0.3) is 0 Å². The molecule has 0 saturated heterocycles. The molecule has 2 nitrogen and oxygen atoms in total. The lowest BCUT2D eigenvalue weighted by atomic mass is 10.2. The first-order valence-electron chi connectivity index (χ1n) is 4.99. The highest BCUT2D eigenvalue weighted by Crippen LogP contribution is 1.96. The molecule has 78 valence electrons. The molecule has 0 aliphatic carbocycles. The maximum Gasteiger partial charge on any atom is 0.304 e. The van der Waals surface area contributed by atoms with Crippen molar-refractivity contribution in [3.05, 3.63) is 12.2 Å². The lowest BCUT2D eigenvalue weighted by Gasteiger charge is -2.04. The highest BCUT2D eigenvalue weighted by atomic mass is 16.5. The van der Waals surface area contributed by atoms with Crippen LogP contribution in [-0.2, 0) is 9.53 Å². The molecule has 0 rings (SSSR count). The second-order valence-corrected chi connectivity index (χ2v) is 2.98. The summed E-state index contributed by atoms with van der Waals surface area (Å²) in [6.07, 6.45) is 6.33. The SMILES string of the molecule is C/C=C/C(C#CCCCC)OC(C)=O. The number of esters is 1. The van der Waals surface area contributed by atoms with E-state index in [1.165, 1.54) is 6.92 Å². The molecule has 0 aromatic carbocycles. The zero-order valence-electron chi connectivity index (χ0n) is 9.17. The summed E-state index contributed by atoms with van der Waals surface area (Å²) in [4.78, 5) is 10.7. The van der Waals surface area contributed by atoms with Crippen molar-refractivity contribution < 1.29 is 9.53 Å². The molecule has 0 radical (unpaired) electrons. The molecule has 0 aromatic rings. The van der Waals surface area contributed by atoms with Gasteiger partial charge >= 0.3 is 5.97 Å². The summed E-state index contributed by atoms with van der Waals surface area (Å²) < 4.78 is 4.97. The summed E-state index contributed by atoms with van der Waals surface area (Å²) in [5.41, 5.74) is 0. The standard InChI is InChI=1S/C12H18O2/c1-4-6-7-8-10-12(9-5-2)14-11(3)13/h5,9,12H,4,6-7H2,1-3H3/b9-5+. The van der Waals surface area contributed by atoms with Crippen LogP contribution in [0.1, 0.15) is 40.0 Å². The number of hydrogen-bond acceptors (Lipinski definition) is 2. The van der Waals surface area contributed by atoms with E-state index in [1.54, 1.807) is 6.08 Å². The van der Waals surface area contributed by atoms with Gasteiger partial charge in [-0.05, 0) is 19.4 Å². The molecule has 0 amide bonds. The zero-order chi connectivity index (χ0) is 10.8. The first-order valence-corrected chi connectivity index (χ1v) is 4.99. The Bertz CT molecular complexity index is 243. The minimum atomic E-state index is -0.380. The number of ether oxygens (including phenoxy) is 1. The van der Waals surface area contributed by atoms with Crippen LogP contribution in [0.5, 0.6) is 0 Å². The molecule has 2 heteroatoms. The van der Waals surface area contributed by atoms with E-state index >= 15 is 0 Å². The Labute approximate surface area is 86.3 Å². The summed E-state index contributed by atoms with van der Waals surface area (Å²) in [6, 6.07) is 0. The molecule has 1 atom stereocenters. The molecule has 0 aliphatic heterocycles. The Kier molecular flexibility index (Phi) is 7.64. The fraction of sp³-hybridized carbons (Fsp3) is 0.583. The van der Waals surface area contributed by atoms with E-state index < -0.39 is 0 Å². The first kappa shape index (κ1) is 12.8. The van der Waals surface area contributed by atoms with E-state index in [9.17, 15) is 4.79 Å². The van der Waals surface area contributed by atoms with Gasteiger partial charge in [-0.2, -0.15) is 0 Å². The predicted molar refractivity (Wildman–Crippen MR) is 57.7 cm³/mol. The average molecular weight is 194 g/mol. The highest BCUT2D eigenvalue weighted by Gasteiger charge is 2.01. The zero-order valence-corrected chi connectivity index (χ0v) is 9.17. The monoisotopic (exact) mass is 194 g/mol. The summed E-state index contributed by atoms with van der Waals surface area (Å²) >= 11 is 0. The van der Waals surface area contributed by atoms with Gasteiger partial charge in [-0.1, -0.05) is 31.3 Å². The van der Waals surface area contributed by atoms with Crippen LogP contribution in [0, 0.1) is 11.8 Å². The normalized spacial score (nSPS) is 11.9. The fourth-order valence-electron chi connectivity index (χ4n) is 0.908. The van der Waals surface area contributed by atoms with Crippen molar-refractivity contribution in [3.63, 3.8) is 0 Å². The van der Waals surface area contributed by atoms with Crippen LogP contribution in [0.15, 0.2) is 12.2 Å². The third-order valence-electron chi connectivity index (χ3n) is 1.56. The van der Waals surface area contributed by atoms with E-state index in [-0.39, 0.29) is 12.1 Å². The lowest BCUT2D eigenvalue weighted by Crippen LogP contribution is -2.11. The molecule has 0 heterocycles. The van der Waals surface area contributed by atoms with Crippen molar-refractivity contribution in [1.29, 1.82) is 0 Å². The Hall–Kier alpha value is -1.23. The van der Waals surface area contributed by atoms with E-state index in [0.29, 0.717) is 0 Å². The first-order chi connectivity index (χ1) is 6.70. The van der Waals surface area contributed by atoms with Crippen molar-refractivity contribution in [1.82, 2.24) is 0 Å².